The van der Waals surface area contributed by atoms with Crippen LogP contribution in [0.15, 0.2) is 64.3 Å². The molecule has 3 aromatic rings. The van der Waals surface area contributed by atoms with Crippen molar-refractivity contribution in [1.29, 1.82) is 0 Å². The number of nitrogens with one attached hydrogen (secondary N) is 1. The van der Waals surface area contributed by atoms with Crippen molar-refractivity contribution < 1.29 is 9.32 Å². The van der Waals surface area contributed by atoms with Gasteiger partial charge in [-0.2, -0.15) is 0 Å². The number of thioether (sulfide) groups is 1. The summed E-state index contributed by atoms with van der Waals surface area (Å²) >= 11 is 1.50. The zero-order valence-corrected chi connectivity index (χ0v) is 19.9. The summed E-state index contributed by atoms with van der Waals surface area (Å²) < 4.78 is 5.11. The second-order valence-corrected chi connectivity index (χ2v) is 9.25. The van der Waals surface area contributed by atoms with Gasteiger partial charge in [0.2, 0.25) is 0 Å². The van der Waals surface area contributed by atoms with E-state index < -0.39 is 0 Å². The van der Waals surface area contributed by atoms with Crippen LogP contribution in [0.4, 0.5) is 0 Å². The summed E-state index contributed by atoms with van der Waals surface area (Å²) in [5.41, 5.74) is 2.83. The van der Waals surface area contributed by atoms with E-state index in [4.69, 9.17) is 4.52 Å². The van der Waals surface area contributed by atoms with Gasteiger partial charge in [0.1, 0.15) is 10.8 Å². The van der Waals surface area contributed by atoms with E-state index in [1.807, 2.05) is 19.1 Å². The quantitative estimate of drug-likeness (QED) is 0.362. The van der Waals surface area contributed by atoms with Gasteiger partial charge in [-0.3, -0.25) is 9.69 Å². The minimum atomic E-state index is -0.0744. The third-order valence-electron chi connectivity index (χ3n) is 5.70. The van der Waals surface area contributed by atoms with Crippen LogP contribution in [0.2, 0.25) is 0 Å². The van der Waals surface area contributed by atoms with Gasteiger partial charge in [-0.25, -0.2) is 4.98 Å². The van der Waals surface area contributed by atoms with Gasteiger partial charge in [0.25, 0.3) is 5.91 Å². The molecule has 1 N–H and O–H groups in total. The van der Waals surface area contributed by atoms with Gasteiger partial charge >= 0.3 is 0 Å². The van der Waals surface area contributed by atoms with Crippen LogP contribution in [0.1, 0.15) is 33.8 Å². The van der Waals surface area contributed by atoms with E-state index in [9.17, 15) is 4.79 Å². The van der Waals surface area contributed by atoms with Crippen molar-refractivity contribution in [3.05, 3.63) is 77.3 Å². The third kappa shape index (κ3) is 7.15. The number of pyridine rings is 1. The molecule has 1 aromatic carbocycles. The van der Waals surface area contributed by atoms with Crippen molar-refractivity contribution in [3.63, 3.8) is 0 Å². The Morgan fingerprint density at radius 1 is 1.09 bits per heavy atom. The number of hydrogen-bond donors (Lipinski definition) is 1. The summed E-state index contributed by atoms with van der Waals surface area (Å²) in [6.07, 6.45) is 2.65. The summed E-state index contributed by atoms with van der Waals surface area (Å²) in [6, 6.07) is 16.2. The van der Waals surface area contributed by atoms with E-state index >= 15 is 0 Å². The highest BCUT2D eigenvalue weighted by Crippen LogP contribution is 2.24. The van der Waals surface area contributed by atoms with Gasteiger partial charge in [-0.15, -0.1) is 0 Å². The number of aromatic nitrogens is 2. The predicted molar refractivity (Wildman–Crippen MR) is 130 cm³/mol. The third-order valence-corrected chi connectivity index (χ3v) is 6.74. The van der Waals surface area contributed by atoms with Gasteiger partial charge < -0.3 is 14.7 Å². The molecule has 0 spiro atoms. The monoisotopic (exact) mass is 465 g/mol. The molecule has 2 aromatic heterocycles. The van der Waals surface area contributed by atoms with E-state index in [0.717, 1.165) is 57.1 Å². The number of aryl methyl sites for hydroxylation is 1. The highest BCUT2D eigenvalue weighted by Gasteiger charge is 2.17. The molecule has 0 aliphatic carbocycles. The van der Waals surface area contributed by atoms with E-state index in [2.05, 4.69) is 55.6 Å². The van der Waals surface area contributed by atoms with Crippen molar-refractivity contribution in [1.82, 2.24) is 25.3 Å². The maximum Gasteiger partial charge on any atom is 0.254 e. The summed E-state index contributed by atoms with van der Waals surface area (Å²) in [5.74, 6) is 1.32. The number of carbonyl (C=O) groups excluding carboxylic acids is 1. The second-order valence-electron chi connectivity index (χ2n) is 8.29. The van der Waals surface area contributed by atoms with Crippen LogP contribution in [0.5, 0.6) is 0 Å². The lowest BCUT2D eigenvalue weighted by Gasteiger charge is -2.34. The Morgan fingerprint density at radius 3 is 2.64 bits per heavy atom. The highest BCUT2D eigenvalue weighted by atomic mass is 32.2. The first-order valence-electron chi connectivity index (χ1n) is 11.4. The maximum absolute atomic E-state index is 12.7. The number of piperazine rings is 1. The Balaban J connectivity index is 1.16. The Kier molecular flexibility index (Phi) is 8.52. The minimum absolute atomic E-state index is 0.0744. The van der Waals surface area contributed by atoms with Gasteiger partial charge in [0.15, 0.2) is 0 Å². The molecule has 3 heterocycles. The van der Waals surface area contributed by atoms with Crippen LogP contribution < -0.4 is 5.32 Å². The zero-order chi connectivity index (χ0) is 22.9. The molecule has 1 aliphatic rings. The van der Waals surface area contributed by atoms with Crippen LogP contribution in [0.25, 0.3) is 0 Å². The predicted octanol–water partition coefficient (Wildman–Crippen LogP) is 3.61. The number of carbonyl (C=O) groups is 1. The fraction of sp³-hybridized carbons (Fsp3) is 0.400. The molecule has 0 unspecified atom stereocenters. The van der Waals surface area contributed by atoms with Gasteiger partial charge in [0.05, 0.1) is 11.3 Å². The first kappa shape index (κ1) is 23.5. The molecule has 1 saturated heterocycles. The summed E-state index contributed by atoms with van der Waals surface area (Å²) in [5, 5.41) is 7.78. The first-order valence-corrected chi connectivity index (χ1v) is 12.4. The summed E-state index contributed by atoms with van der Waals surface area (Å²) in [7, 11) is 0. The molecule has 0 radical (unpaired) electrons. The number of benzene rings is 1. The van der Waals surface area contributed by atoms with Crippen LogP contribution in [-0.4, -0.2) is 65.1 Å². The minimum Gasteiger partial charge on any atom is -0.361 e. The van der Waals surface area contributed by atoms with E-state index in [0.29, 0.717) is 22.9 Å². The Labute approximate surface area is 199 Å². The molecule has 1 aliphatic heterocycles. The van der Waals surface area contributed by atoms with Gasteiger partial charge in [-0.1, -0.05) is 47.3 Å². The molecule has 33 heavy (non-hydrogen) atoms. The van der Waals surface area contributed by atoms with Crippen molar-refractivity contribution in [2.75, 3.05) is 39.3 Å². The number of nitrogens with zero attached hydrogens (tertiary/aromatic N) is 4. The molecule has 1 amide bonds. The topological polar surface area (TPSA) is 74.5 Å². The molecule has 4 rings (SSSR count). The van der Waals surface area contributed by atoms with Crippen LogP contribution in [0.3, 0.4) is 0 Å². The average molecular weight is 466 g/mol. The van der Waals surface area contributed by atoms with Crippen LogP contribution >= 0.6 is 11.8 Å². The largest absolute Gasteiger partial charge is 0.361 e. The number of rotatable bonds is 10. The number of hydrogen-bond acceptors (Lipinski definition) is 7. The highest BCUT2D eigenvalue weighted by molar-refractivity contribution is 7.98. The summed E-state index contributed by atoms with van der Waals surface area (Å²) in [6.45, 7) is 8.87. The fourth-order valence-electron chi connectivity index (χ4n) is 3.92. The van der Waals surface area contributed by atoms with Gasteiger partial charge in [0, 0.05) is 57.3 Å². The molecule has 7 nitrogen and oxygen atoms in total. The van der Waals surface area contributed by atoms with E-state index in [-0.39, 0.29) is 5.91 Å². The van der Waals surface area contributed by atoms with Crippen molar-refractivity contribution in [2.45, 2.75) is 30.7 Å². The first-order chi connectivity index (χ1) is 16.2. The van der Waals surface area contributed by atoms with E-state index in [1.165, 1.54) is 17.3 Å². The standard InChI is InChI=1S/C25H31N5O2S/c1-20-17-22(28-32-20)19-33-25-23(9-5-10-27-25)24(31)26-11-6-12-29-13-15-30(16-14-29)18-21-7-3-2-4-8-21/h2-5,7-10,17H,6,11-16,18-19H2,1H3,(H,26,31). The number of amides is 1. The molecule has 8 heteroatoms. The van der Waals surface area contributed by atoms with Crippen molar-refractivity contribution in [3.8, 4) is 0 Å². The van der Waals surface area contributed by atoms with Crippen LogP contribution in [0, 0.1) is 6.92 Å². The molecular weight excluding hydrogens is 434 g/mol. The molecule has 1 fully saturated rings. The normalized spacial score (nSPS) is 14.9. The zero-order valence-electron chi connectivity index (χ0n) is 19.1. The fourth-order valence-corrected chi connectivity index (χ4v) is 4.79. The molecule has 0 atom stereocenters. The Bertz CT molecular complexity index is 1020. The molecule has 174 valence electrons. The smallest absolute Gasteiger partial charge is 0.254 e. The molecule has 0 saturated carbocycles. The molecular formula is C25H31N5O2S. The average Bonchev–Trinajstić information content (AvgIpc) is 3.27. The van der Waals surface area contributed by atoms with E-state index in [1.54, 1.807) is 12.3 Å². The maximum atomic E-state index is 12.7. The summed E-state index contributed by atoms with van der Waals surface area (Å²) in [4.78, 5) is 22.1. The lowest BCUT2D eigenvalue weighted by atomic mass is 10.2. The van der Waals surface area contributed by atoms with Crippen LogP contribution in [-0.2, 0) is 12.3 Å². The lowest BCUT2D eigenvalue weighted by molar-refractivity contribution is 0.0943. The van der Waals surface area contributed by atoms with Crippen molar-refractivity contribution >= 4 is 17.7 Å². The Hall–Kier alpha value is -2.68. The van der Waals surface area contributed by atoms with Crippen molar-refractivity contribution in [2.24, 2.45) is 0 Å². The Morgan fingerprint density at radius 2 is 1.88 bits per heavy atom. The lowest BCUT2D eigenvalue weighted by Crippen LogP contribution is -2.46. The molecule has 0 bridgehead atoms. The van der Waals surface area contributed by atoms with Gasteiger partial charge in [-0.05, 0) is 37.6 Å². The second kappa shape index (κ2) is 12.0. The SMILES string of the molecule is Cc1cc(CSc2ncccc2C(=O)NCCCN2CCN(Cc3ccccc3)CC2)no1.